The fraction of sp³-hybridized carbons (Fsp3) is 0.500. The number of nitrogen functional groups attached to an aromatic ring is 1. The number of rotatable bonds is 2. The summed E-state index contributed by atoms with van der Waals surface area (Å²) < 4.78 is 6.99. The van der Waals surface area contributed by atoms with Gasteiger partial charge in [-0.3, -0.25) is 0 Å². The van der Waals surface area contributed by atoms with Crippen LogP contribution in [0.1, 0.15) is 50.9 Å². The van der Waals surface area contributed by atoms with Crippen LogP contribution in [0, 0.1) is 11.3 Å². The van der Waals surface area contributed by atoms with E-state index in [-0.39, 0.29) is 5.54 Å². The minimum Gasteiger partial charge on any atom is -0.383 e. The Kier molecular flexibility index (Phi) is 2.61. The molecule has 3 rings (SSSR count). The second-order valence-electron chi connectivity index (χ2n) is 6.19. The highest BCUT2D eigenvalue weighted by atomic mass is 16.5. The zero-order valence-electron chi connectivity index (χ0n) is 11.8. The minimum atomic E-state index is -0.295. The third-order valence-corrected chi connectivity index (χ3v) is 3.42. The van der Waals surface area contributed by atoms with Gasteiger partial charge in [-0.05, 0) is 33.6 Å². The van der Waals surface area contributed by atoms with Crippen molar-refractivity contribution in [1.82, 2.24) is 14.9 Å². The van der Waals surface area contributed by atoms with E-state index in [4.69, 9.17) is 10.3 Å². The van der Waals surface area contributed by atoms with Crippen LogP contribution in [-0.4, -0.2) is 14.9 Å². The van der Waals surface area contributed by atoms with E-state index < -0.39 is 0 Å². The highest BCUT2D eigenvalue weighted by Crippen LogP contribution is 2.41. The van der Waals surface area contributed by atoms with Crippen molar-refractivity contribution in [2.24, 2.45) is 0 Å². The summed E-state index contributed by atoms with van der Waals surface area (Å²) in [7, 11) is 0. The van der Waals surface area contributed by atoms with E-state index in [1.165, 1.54) is 0 Å². The fourth-order valence-corrected chi connectivity index (χ4v) is 2.19. The van der Waals surface area contributed by atoms with Gasteiger partial charge in [-0.2, -0.15) is 10.4 Å². The summed E-state index contributed by atoms with van der Waals surface area (Å²) in [5.41, 5.74) is 7.18. The maximum Gasteiger partial charge on any atom is 0.141 e. The Balaban J connectivity index is 2.10. The largest absolute Gasteiger partial charge is 0.383 e. The lowest BCUT2D eigenvalue weighted by Crippen LogP contribution is -2.24. The molecule has 2 N–H and O–H groups in total. The Morgan fingerprint density at radius 2 is 2.15 bits per heavy atom. The first-order valence-electron chi connectivity index (χ1n) is 6.68. The van der Waals surface area contributed by atoms with Crippen molar-refractivity contribution in [3.05, 3.63) is 17.4 Å². The molecule has 2 aromatic heterocycles. The first-order chi connectivity index (χ1) is 9.41. The molecule has 0 saturated heterocycles. The normalized spacial score (nSPS) is 15.3. The fourth-order valence-electron chi connectivity index (χ4n) is 2.19. The molecule has 6 heteroatoms. The lowest BCUT2D eigenvalue weighted by atomic mass is 10.1. The van der Waals surface area contributed by atoms with Crippen molar-refractivity contribution in [2.75, 3.05) is 5.73 Å². The predicted octanol–water partition coefficient (Wildman–Crippen LogP) is 2.62. The highest BCUT2D eigenvalue weighted by Gasteiger charge is 2.30. The molecule has 0 spiro atoms. The molecular weight excluding hydrogens is 254 g/mol. The van der Waals surface area contributed by atoms with Gasteiger partial charge in [-0.15, -0.1) is 0 Å². The van der Waals surface area contributed by atoms with Gasteiger partial charge in [-0.1, -0.05) is 5.16 Å². The summed E-state index contributed by atoms with van der Waals surface area (Å²) >= 11 is 0. The Morgan fingerprint density at radius 1 is 1.45 bits per heavy atom. The number of nitriles is 1. The average Bonchev–Trinajstić information content (AvgIpc) is 2.99. The quantitative estimate of drug-likeness (QED) is 0.906. The van der Waals surface area contributed by atoms with Crippen molar-refractivity contribution in [3.63, 3.8) is 0 Å². The number of anilines is 1. The van der Waals surface area contributed by atoms with Crippen LogP contribution in [0.2, 0.25) is 0 Å². The molecule has 6 nitrogen and oxygen atoms in total. The number of hydrogen-bond donors (Lipinski definition) is 1. The summed E-state index contributed by atoms with van der Waals surface area (Å²) in [4.78, 5) is 0. The van der Waals surface area contributed by atoms with Crippen LogP contribution in [0.3, 0.4) is 0 Å². The van der Waals surface area contributed by atoms with Gasteiger partial charge in [0.25, 0.3) is 0 Å². The van der Waals surface area contributed by atoms with E-state index in [2.05, 4.69) is 16.3 Å². The smallest absolute Gasteiger partial charge is 0.141 e. The van der Waals surface area contributed by atoms with E-state index in [9.17, 15) is 5.26 Å². The summed E-state index contributed by atoms with van der Waals surface area (Å²) in [5, 5.41) is 17.8. The summed E-state index contributed by atoms with van der Waals surface area (Å²) in [5.74, 6) is 1.71. The summed E-state index contributed by atoms with van der Waals surface area (Å²) in [6.07, 6.45) is 2.27. The first-order valence-corrected chi connectivity index (χ1v) is 6.68. The molecule has 0 aliphatic heterocycles. The summed E-state index contributed by atoms with van der Waals surface area (Å²) in [6, 6.07) is 3.99. The molecule has 1 aliphatic rings. The predicted molar refractivity (Wildman–Crippen MR) is 73.8 cm³/mol. The van der Waals surface area contributed by atoms with Crippen LogP contribution in [0.15, 0.2) is 10.6 Å². The van der Waals surface area contributed by atoms with Gasteiger partial charge in [0, 0.05) is 12.0 Å². The second-order valence-corrected chi connectivity index (χ2v) is 6.19. The standard InChI is InChI=1S/C14H17N5O/c1-14(2,3)19-13(16)9(7-15)12(17-19)10-6-11(20-18-10)8-4-5-8/h6,8H,4-5,16H2,1-3H3. The minimum absolute atomic E-state index is 0.295. The number of aromatic nitrogens is 3. The van der Waals surface area contributed by atoms with Crippen molar-refractivity contribution in [1.29, 1.82) is 5.26 Å². The average molecular weight is 271 g/mol. The zero-order valence-corrected chi connectivity index (χ0v) is 11.8. The number of nitrogens with zero attached hydrogens (tertiary/aromatic N) is 4. The van der Waals surface area contributed by atoms with Gasteiger partial charge in [0.15, 0.2) is 0 Å². The van der Waals surface area contributed by atoms with Gasteiger partial charge >= 0.3 is 0 Å². The van der Waals surface area contributed by atoms with Crippen LogP contribution >= 0.6 is 0 Å². The number of hydrogen-bond acceptors (Lipinski definition) is 5. The molecule has 0 radical (unpaired) electrons. The van der Waals surface area contributed by atoms with Gasteiger partial charge in [0.05, 0.1) is 5.54 Å². The van der Waals surface area contributed by atoms with Gasteiger partial charge in [0.2, 0.25) is 0 Å². The van der Waals surface area contributed by atoms with Crippen LogP contribution in [-0.2, 0) is 5.54 Å². The zero-order chi connectivity index (χ0) is 14.5. The molecule has 20 heavy (non-hydrogen) atoms. The van der Waals surface area contributed by atoms with Crippen LogP contribution < -0.4 is 5.73 Å². The maximum atomic E-state index is 9.33. The second kappa shape index (κ2) is 4.10. The first kappa shape index (κ1) is 12.7. The van der Waals surface area contributed by atoms with Crippen LogP contribution in [0.4, 0.5) is 5.82 Å². The van der Waals surface area contributed by atoms with Crippen LogP contribution in [0.25, 0.3) is 11.4 Å². The Hall–Kier alpha value is -2.29. The molecule has 1 aliphatic carbocycles. The van der Waals surface area contributed by atoms with Gasteiger partial charge in [-0.25, -0.2) is 4.68 Å². The van der Waals surface area contributed by atoms with E-state index in [1.54, 1.807) is 4.68 Å². The molecule has 0 amide bonds. The SMILES string of the molecule is CC(C)(C)n1nc(-c2cc(C3CC3)on2)c(C#N)c1N. The van der Waals surface area contributed by atoms with Gasteiger partial charge < -0.3 is 10.3 Å². The van der Waals surface area contributed by atoms with Crippen molar-refractivity contribution in [2.45, 2.75) is 45.1 Å². The lowest BCUT2D eigenvalue weighted by Gasteiger charge is -2.20. The summed E-state index contributed by atoms with van der Waals surface area (Å²) in [6.45, 7) is 5.96. The third kappa shape index (κ3) is 1.95. The van der Waals surface area contributed by atoms with Crippen molar-refractivity contribution >= 4 is 5.82 Å². The molecule has 2 aromatic rings. The van der Waals surface area contributed by atoms with Crippen molar-refractivity contribution in [3.8, 4) is 17.5 Å². The van der Waals surface area contributed by atoms with E-state index in [0.29, 0.717) is 28.7 Å². The molecule has 2 heterocycles. The monoisotopic (exact) mass is 271 g/mol. The lowest BCUT2D eigenvalue weighted by molar-refractivity contribution is 0.361. The van der Waals surface area contributed by atoms with Crippen molar-refractivity contribution < 1.29 is 4.52 Å². The Morgan fingerprint density at radius 3 is 2.70 bits per heavy atom. The molecule has 104 valence electrons. The van der Waals surface area contributed by atoms with Gasteiger partial charge in [0.1, 0.15) is 34.6 Å². The van der Waals surface area contributed by atoms with E-state index >= 15 is 0 Å². The Bertz CT molecular complexity index is 694. The van der Waals surface area contributed by atoms with E-state index in [0.717, 1.165) is 18.6 Å². The molecule has 0 unspecified atom stereocenters. The molecule has 1 saturated carbocycles. The topological polar surface area (TPSA) is 93.7 Å². The van der Waals surface area contributed by atoms with E-state index in [1.807, 2.05) is 26.8 Å². The highest BCUT2D eigenvalue weighted by molar-refractivity contribution is 5.70. The third-order valence-electron chi connectivity index (χ3n) is 3.42. The molecular formula is C14H17N5O. The molecule has 0 aromatic carbocycles. The number of nitrogens with two attached hydrogens (primary N) is 1. The molecule has 1 fully saturated rings. The maximum absolute atomic E-state index is 9.33. The molecule has 0 atom stereocenters. The molecule has 0 bridgehead atoms. The van der Waals surface area contributed by atoms with Crippen LogP contribution in [0.5, 0.6) is 0 Å². The Labute approximate surface area is 117 Å².